The fraction of sp³-hybridized carbons (Fsp3) is 0. The van der Waals surface area contributed by atoms with Crippen molar-refractivity contribution in [2.45, 2.75) is 0 Å². The van der Waals surface area contributed by atoms with E-state index in [1.54, 1.807) is 0 Å². The van der Waals surface area contributed by atoms with E-state index in [9.17, 15) is 0 Å². The standard InChI is InChI=1S/C54H32O/c1-2-13-41-39(11-1)40-12-3-4-14-42(40)49-32-35(25-29-43(41)49)33-21-23-34(24-22-33)52-44-15-5-7-17-46(44)53(47-18-8-6-16-45(47)52)37-26-28-38-36(31-37)27-30-51-54(38)48-19-9-10-20-50(48)55-51/h1-32H. The Labute approximate surface area is 317 Å². The molecule has 1 heterocycles. The molecular weight excluding hydrogens is 665 g/mol. The van der Waals surface area contributed by atoms with Gasteiger partial charge in [0.2, 0.25) is 0 Å². The van der Waals surface area contributed by atoms with Gasteiger partial charge < -0.3 is 4.42 Å². The summed E-state index contributed by atoms with van der Waals surface area (Å²) in [5.74, 6) is 0. The van der Waals surface area contributed by atoms with E-state index in [4.69, 9.17) is 4.42 Å². The predicted octanol–water partition coefficient (Wildman–Crippen LogP) is 15.5. The van der Waals surface area contributed by atoms with Crippen LogP contribution in [0, 0.1) is 0 Å². The van der Waals surface area contributed by atoms with Gasteiger partial charge in [0.25, 0.3) is 0 Å². The van der Waals surface area contributed by atoms with Crippen molar-refractivity contribution in [2.75, 3.05) is 0 Å². The zero-order valence-electron chi connectivity index (χ0n) is 29.9. The topological polar surface area (TPSA) is 13.1 Å². The number of furan rings is 1. The van der Waals surface area contributed by atoms with Gasteiger partial charge in [-0.25, -0.2) is 0 Å². The van der Waals surface area contributed by atoms with Crippen LogP contribution in [-0.4, -0.2) is 0 Å². The third-order valence-electron chi connectivity index (χ3n) is 11.8. The Balaban J connectivity index is 1.02. The minimum atomic E-state index is 0.925. The molecule has 0 spiro atoms. The normalized spacial score (nSPS) is 12.0. The van der Waals surface area contributed by atoms with Crippen LogP contribution in [-0.2, 0) is 0 Å². The number of rotatable bonds is 3. The molecule has 12 rings (SSSR count). The Morgan fingerprint density at radius 3 is 1.29 bits per heavy atom. The SMILES string of the molecule is c1ccc2c(c1)oc1ccc3cc(-c4c5ccccc5c(-c5ccc(-c6ccc7c8ccccc8c8ccccc8c7c6)cc5)c5ccccc45)ccc3c12. The summed E-state index contributed by atoms with van der Waals surface area (Å²) >= 11 is 0. The van der Waals surface area contributed by atoms with Gasteiger partial charge in [-0.3, -0.25) is 0 Å². The van der Waals surface area contributed by atoms with Gasteiger partial charge in [-0.15, -0.1) is 0 Å². The van der Waals surface area contributed by atoms with Gasteiger partial charge in [0, 0.05) is 10.8 Å². The van der Waals surface area contributed by atoms with Gasteiger partial charge in [-0.05, 0) is 122 Å². The summed E-state index contributed by atoms with van der Waals surface area (Å²) in [5, 5.41) is 17.6. The number of benzene rings is 11. The molecule has 0 unspecified atom stereocenters. The predicted molar refractivity (Wildman–Crippen MR) is 235 cm³/mol. The Hall–Kier alpha value is -7.22. The van der Waals surface area contributed by atoms with Crippen molar-refractivity contribution in [3.8, 4) is 33.4 Å². The average molecular weight is 697 g/mol. The molecule has 0 saturated heterocycles. The van der Waals surface area contributed by atoms with Crippen molar-refractivity contribution >= 4 is 86.6 Å². The third kappa shape index (κ3) is 4.48. The highest BCUT2D eigenvalue weighted by atomic mass is 16.3. The Kier molecular flexibility index (Phi) is 6.40. The molecule has 0 saturated carbocycles. The van der Waals surface area contributed by atoms with E-state index < -0.39 is 0 Å². The van der Waals surface area contributed by atoms with Crippen molar-refractivity contribution in [3.05, 3.63) is 194 Å². The highest BCUT2D eigenvalue weighted by molar-refractivity contribution is 6.26. The van der Waals surface area contributed by atoms with Crippen molar-refractivity contribution < 1.29 is 4.42 Å². The Morgan fingerprint density at radius 2 is 0.673 bits per heavy atom. The van der Waals surface area contributed by atoms with E-state index in [1.807, 2.05) is 6.07 Å². The van der Waals surface area contributed by atoms with Crippen molar-refractivity contribution in [1.29, 1.82) is 0 Å². The molecule has 0 amide bonds. The van der Waals surface area contributed by atoms with Crippen LogP contribution in [0.3, 0.4) is 0 Å². The first-order chi connectivity index (χ1) is 27.3. The second-order valence-electron chi connectivity index (χ2n) is 14.7. The molecule has 1 nitrogen and oxygen atoms in total. The molecule has 0 aliphatic carbocycles. The summed E-state index contributed by atoms with van der Waals surface area (Å²) in [6, 6.07) is 71.1. The lowest BCUT2D eigenvalue weighted by Crippen LogP contribution is -1.91. The fourth-order valence-corrected chi connectivity index (χ4v) is 9.38. The van der Waals surface area contributed by atoms with Gasteiger partial charge in [0.15, 0.2) is 0 Å². The summed E-state index contributed by atoms with van der Waals surface area (Å²) < 4.78 is 6.22. The molecule has 0 radical (unpaired) electrons. The van der Waals surface area contributed by atoms with Crippen LogP contribution in [0.15, 0.2) is 199 Å². The van der Waals surface area contributed by atoms with E-state index in [0.29, 0.717) is 0 Å². The largest absolute Gasteiger partial charge is 0.456 e. The lowest BCUT2D eigenvalue weighted by atomic mass is 9.85. The highest BCUT2D eigenvalue weighted by Crippen LogP contribution is 2.45. The summed E-state index contributed by atoms with van der Waals surface area (Å²) in [5.41, 5.74) is 9.25. The van der Waals surface area contributed by atoms with Crippen molar-refractivity contribution in [1.82, 2.24) is 0 Å². The molecule has 12 aromatic rings. The number of fused-ring (bicyclic) bond motifs is 13. The van der Waals surface area contributed by atoms with E-state index >= 15 is 0 Å². The third-order valence-corrected chi connectivity index (χ3v) is 11.8. The number of hydrogen-bond donors (Lipinski definition) is 0. The van der Waals surface area contributed by atoms with E-state index in [2.05, 4.69) is 188 Å². The summed E-state index contributed by atoms with van der Waals surface area (Å²) in [4.78, 5) is 0. The maximum Gasteiger partial charge on any atom is 0.136 e. The molecule has 11 aromatic carbocycles. The molecule has 0 fully saturated rings. The van der Waals surface area contributed by atoms with Crippen LogP contribution in [0.1, 0.15) is 0 Å². The van der Waals surface area contributed by atoms with Crippen LogP contribution in [0.2, 0.25) is 0 Å². The van der Waals surface area contributed by atoms with Crippen molar-refractivity contribution in [2.24, 2.45) is 0 Å². The lowest BCUT2D eigenvalue weighted by molar-refractivity contribution is 0.669. The van der Waals surface area contributed by atoms with E-state index in [-0.39, 0.29) is 0 Å². The summed E-state index contributed by atoms with van der Waals surface area (Å²) in [6.45, 7) is 0. The monoisotopic (exact) mass is 696 g/mol. The summed E-state index contributed by atoms with van der Waals surface area (Å²) in [6.07, 6.45) is 0. The molecule has 0 N–H and O–H groups in total. The zero-order chi connectivity index (χ0) is 36.0. The molecular formula is C54H32O. The molecule has 254 valence electrons. The minimum Gasteiger partial charge on any atom is -0.456 e. The maximum absolute atomic E-state index is 6.22. The Bertz CT molecular complexity index is 3440. The quantitative estimate of drug-likeness (QED) is 0.132. The van der Waals surface area contributed by atoms with E-state index in [0.717, 1.165) is 16.6 Å². The molecule has 0 aliphatic heterocycles. The van der Waals surface area contributed by atoms with Crippen LogP contribution in [0.25, 0.3) is 120 Å². The van der Waals surface area contributed by atoms with Gasteiger partial charge in [0.1, 0.15) is 11.2 Å². The van der Waals surface area contributed by atoms with E-state index in [1.165, 1.54) is 103 Å². The van der Waals surface area contributed by atoms with Gasteiger partial charge in [0.05, 0.1) is 0 Å². The first kappa shape index (κ1) is 30.3. The minimum absolute atomic E-state index is 0.925. The van der Waals surface area contributed by atoms with Crippen LogP contribution in [0.5, 0.6) is 0 Å². The first-order valence-corrected chi connectivity index (χ1v) is 19.0. The second kappa shape index (κ2) is 11.6. The zero-order valence-corrected chi connectivity index (χ0v) is 29.9. The molecule has 0 atom stereocenters. The van der Waals surface area contributed by atoms with Gasteiger partial charge in [-0.1, -0.05) is 170 Å². The second-order valence-corrected chi connectivity index (χ2v) is 14.7. The van der Waals surface area contributed by atoms with Crippen LogP contribution >= 0.6 is 0 Å². The lowest BCUT2D eigenvalue weighted by Gasteiger charge is -2.18. The maximum atomic E-state index is 6.22. The van der Waals surface area contributed by atoms with Crippen LogP contribution < -0.4 is 0 Å². The molecule has 55 heavy (non-hydrogen) atoms. The first-order valence-electron chi connectivity index (χ1n) is 19.0. The van der Waals surface area contributed by atoms with Crippen molar-refractivity contribution in [3.63, 3.8) is 0 Å². The molecule has 1 heteroatoms. The molecule has 0 bridgehead atoms. The highest BCUT2D eigenvalue weighted by Gasteiger charge is 2.18. The smallest absolute Gasteiger partial charge is 0.136 e. The van der Waals surface area contributed by atoms with Gasteiger partial charge in [-0.2, -0.15) is 0 Å². The number of hydrogen-bond acceptors (Lipinski definition) is 1. The molecule has 0 aliphatic rings. The Morgan fingerprint density at radius 1 is 0.236 bits per heavy atom. The van der Waals surface area contributed by atoms with Crippen LogP contribution in [0.4, 0.5) is 0 Å². The molecule has 1 aromatic heterocycles. The average Bonchev–Trinajstić information content (AvgIpc) is 3.65. The number of para-hydroxylation sites is 1. The van der Waals surface area contributed by atoms with Gasteiger partial charge >= 0.3 is 0 Å². The summed E-state index contributed by atoms with van der Waals surface area (Å²) in [7, 11) is 0. The fourth-order valence-electron chi connectivity index (χ4n) is 9.38.